The number of rotatable bonds is 13. The molecule has 0 aliphatic carbocycles. The molecule has 188 valence electrons. The van der Waals surface area contributed by atoms with Crippen molar-refractivity contribution >= 4 is 11.4 Å². The van der Waals surface area contributed by atoms with E-state index in [-0.39, 0.29) is 0 Å². The van der Waals surface area contributed by atoms with Crippen molar-refractivity contribution in [3.63, 3.8) is 0 Å². The van der Waals surface area contributed by atoms with Crippen LogP contribution in [-0.2, 0) is 24.5 Å². The van der Waals surface area contributed by atoms with Crippen molar-refractivity contribution in [2.24, 2.45) is 0 Å². The second kappa shape index (κ2) is 12.6. The van der Waals surface area contributed by atoms with Gasteiger partial charge in [-0.2, -0.15) is 0 Å². The van der Waals surface area contributed by atoms with Gasteiger partial charge in [-0.15, -0.1) is 6.42 Å². The SMILES string of the molecule is C#CCOCCOCCOCCOc1ccc(C2(OC)c3ccccc3N(C)c3ccccc32)cc1. The van der Waals surface area contributed by atoms with Crippen LogP contribution in [0.4, 0.5) is 11.4 Å². The van der Waals surface area contributed by atoms with Crippen molar-refractivity contribution in [3.8, 4) is 18.1 Å². The fourth-order valence-electron chi connectivity index (χ4n) is 4.63. The van der Waals surface area contributed by atoms with Crippen LogP contribution in [-0.4, -0.2) is 60.4 Å². The Labute approximate surface area is 213 Å². The number of terminal acetylenes is 1. The lowest BCUT2D eigenvalue weighted by Crippen LogP contribution is -2.38. The lowest BCUT2D eigenvalue weighted by Gasteiger charge is -2.43. The van der Waals surface area contributed by atoms with Crippen molar-refractivity contribution < 1.29 is 23.7 Å². The number of hydrogen-bond acceptors (Lipinski definition) is 6. The third-order valence-electron chi connectivity index (χ3n) is 6.28. The first-order chi connectivity index (χ1) is 17.7. The number of methoxy groups -OCH3 is 1. The summed E-state index contributed by atoms with van der Waals surface area (Å²) in [7, 11) is 3.87. The van der Waals surface area contributed by atoms with Gasteiger partial charge in [0.25, 0.3) is 0 Å². The molecule has 4 rings (SSSR count). The number of ether oxygens (including phenoxy) is 5. The van der Waals surface area contributed by atoms with Crippen molar-refractivity contribution in [1.29, 1.82) is 0 Å². The average Bonchev–Trinajstić information content (AvgIpc) is 2.93. The second-order valence-electron chi connectivity index (χ2n) is 8.33. The summed E-state index contributed by atoms with van der Waals surface area (Å²) < 4.78 is 28.4. The molecule has 0 radical (unpaired) electrons. The van der Waals surface area contributed by atoms with Crippen LogP contribution in [0.1, 0.15) is 16.7 Å². The Balaban J connectivity index is 1.37. The molecule has 6 nitrogen and oxygen atoms in total. The summed E-state index contributed by atoms with van der Waals surface area (Å²) in [5.41, 5.74) is 4.80. The molecule has 0 saturated carbocycles. The van der Waals surface area contributed by atoms with Crippen LogP contribution in [0.25, 0.3) is 0 Å². The highest BCUT2D eigenvalue weighted by Crippen LogP contribution is 2.52. The molecular formula is C30H33NO5. The number of hydrogen-bond donors (Lipinski definition) is 0. The molecule has 0 saturated heterocycles. The van der Waals surface area contributed by atoms with Gasteiger partial charge in [-0.05, 0) is 29.8 Å². The molecule has 0 spiro atoms. The van der Waals surface area contributed by atoms with Crippen molar-refractivity contribution in [3.05, 3.63) is 89.5 Å². The van der Waals surface area contributed by atoms with E-state index in [0.29, 0.717) is 46.2 Å². The molecule has 0 aromatic heterocycles. The van der Waals surface area contributed by atoms with Gasteiger partial charge in [-0.3, -0.25) is 0 Å². The summed E-state index contributed by atoms with van der Waals surface area (Å²) in [6.45, 7) is 3.24. The minimum absolute atomic E-state index is 0.308. The first-order valence-electron chi connectivity index (χ1n) is 12.1. The number of benzene rings is 3. The second-order valence-corrected chi connectivity index (χ2v) is 8.33. The van der Waals surface area contributed by atoms with Crippen molar-refractivity contribution in [1.82, 2.24) is 0 Å². The third kappa shape index (κ3) is 5.40. The Kier molecular flexibility index (Phi) is 8.99. The van der Waals surface area contributed by atoms with Crippen LogP contribution in [0.15, 0.2) is 72.8 Å². The van der Waals surface area contributed by atoms with Crippen LogP contribution in [0.3, 0.4) is 0 Å². The van der Waals surface area contributed by atoms with Crippen LogP contribution in [0.2, 0.25) is 0 Å². The maximum atomic E-state index is 6.36. The zero-order valence-corrected chi connectivity index (χ0v) is 20.9. The maximum Gasteiger partial charge on any atom is 0.147 e. The van der Waals surface area contributed by atoms with Crippen LogP contribution in [0, 0.1) is 12.3 Å². The normalized spacial score (nSPS) is 13.5. The maximum absolute atomic E-state index is 6.36. The Morgan fingerprint density at radius 1 is 0.722 bits per heavy atom. The minimum Gasteiger partial charge on any atom is -0.491 e. The van der Waals surface area contributed by atoms with Gasteiger partial charge in [0.05, 0.1) is 33.0 Å². The Hall–Kier alpha value is -3.34. The van der Waals surface area contributed by atoms with E-state index >= 15 is 0 Å². The summed E-state index contributed by atoms with van der Waals surface area (Å²) in [6.07, 6.45) is 5.12. The Morgan fingerprint density at radius 3 is 1.81 bits per heavy atom. The first-order valence-corrected chi connectivity index (χ1v) is 12.1. The third-order valence-corrected chi connectivity index (χ3v) is 6.28. The highest BCUT2D eigenvalue weighted by Gasteiger charge is 2.44. The van der Waals surface area contributed by atoms with Gasteiger partial charge in [0.2, 0.25) is 0 Å². The molecule has 36 heavy (non-hydrogen) atoms. The molecule has 0 atom stereocenters. The Morgan fingerprint density at radius 2 is 1.25 bits per heavy atom. The number of anilines is 2. The smallest absolute Gasteiger partial charge is 0.147 e. The molecule has 0 amide bonds. The Bertz CT molecular complexity index is 1110. The summed E-state index contributed by atoms with van der Waals surface area (Å²) in [6, 6.07) is 24.9. The van der Waals surface area contributed by atoms with Gasteiger partial charge in [-0.25, -0.2) is 0 Å². The lowest BCUT2D eigenvalue weighted by molar-refractivity contribution is 0.0142. The molecule has 1 aliphatic rings. The molecule has 0 bridgehead atoms. The molecular weight excluding hydrogens is 454 g/mol. The van der Waals surface area contributed by atoms with E-state index < -0.39 is 5.60 Å². The molecule has 1 aliphatic heterocycles. The van der Waals surface area contributed by atoms with E-state index in [1.54, 1.807) is 7.11 Å². The van der Waals surface area contributed by atoms with Crippen LogP contribution >= 0.6 is 0 Å². The predicted octanol–water partition coefficient (Wildman–Crippen LogP) is 4.77. The van der Waals surface area contributed by atoms with Crippen LogP contribution in [0.5, 0.6) is 5.75 Å². The molecule has 0 N–H and O–H groups in total. The quantitative estimate of drug-likeness (QED) is 0.256. The zero-order valence-electron chi connectivity index (χ0n) is 20.9. The monoisotopic (exact) mass is 487 g/mol. The largest absolute Gasteiger partial charge is 0.491 e. The molecule has 3 aromatic carbocycles. The van der Waals surface area contributed by atoms with Gasteiger partial charge < -0.3 is 28.6 Å². The van der Waals surface area contributed by atoms with E-state index in [1.165, 1.54) is 0 Å². The van der Waals surface area contributed by atoms with Gasteiger partial charge in [0.1, 0.15) is 24.6 Å². The molecule has 0 fully saturated rings. The zero-order chi connectivity index (χ0) is 25.2. The number of nitrogens with zero attached hydrogens (tertiary/aromatic N) is 1. The first kappa shape index (κ1) is 25.7. The summed E-state index contributed by atoms with van der Waals surface area (Å²) in [4.78, 5) is 2.22. The predicted molar refractivity (Wildman–Crippen MR) is 141 cm³/mol. The molecule has 0 unspecified atom stereocenters. The van der Waals surface area contributed by atoms with Crippen molar-refractivity contribution in [2.75, 3.05) is 65.3 Å². The highest BCUT2D eigenvalue weighted by atomic mass is 16.6. The topological polar surface area (TPSA) is 49.4 Å². The fourth-order valence-corrected chi connectivity index (χ4v) is 4.63. The van der Waals surface area contributed by atoms with Gasteiger partial charge >= 0.3 is 0 Å². The van der Waals surface area contributed by atoms with Gasteiger partial charge in [0, 0.05) is 36.7 Å². The van der Waals surface area contributed by atoms with E-state index in [0.717, 1.165) is 33.8 Å². The summed E-state index contributed by atoms with van der Waals surface area (Å²) in [5, 5.41) is 0. The van der Waals surface area contributed by atoms with E-state index in [4.69, 9.17) is 30.1 Å². The highest BCUT2D eigenvalue weighted by molar-refractivity contribution is 5.79. The van der Waals surface area contributed by atoms with E-state index in [1.807, 2.05) is 12.1 Å². The molecule has 3 aromatic rings. The summed E-state index contributed by atoms with van der Waals surface area (Å²) in [5.74, 6) is 3.20. The minimum atomic E-state index is -0.715. The average molecular weight is 488 g/mol. The van der Waals surface area contributed by atoms with Crippen molar-refractivity contribution in [2.45, 2.75) is 5.60 Å². The van der Waals surface area contributed by atoms with Gasteiger partial charge in [-0.1, -0.05) is 54.5 Å². The summed E-state index contributed by atoms with van der Waals surface area (Å²) >= 11 is 0. The van der Waals surface area contributed by atoms with Crippen LogP contribution < -0.4 is 9.64 Å². The van der Waals surface area contributed by atoms with Gasteiger partial charge in [0.15, 0.2) is 0 Å². The fraction of sp³-hybridized carbons (Fsp3) is 0.333. The molecule has 1 heterocycles. The van der Waals surface area contributed by atoms with E-state index in [2.05, 4.69) is 78.5 Å². The standard InChI is InChI=1S/C30H33NO5/c1-4-17-33-18-19-34-20-21-35-22-23-36-25-15-13-24(14-16-25)30(32-3)26-9-5-7-11-28(26)31(2)29-12-8-6-10-27(29)30/h1,5-16H,17-23H2,2-3H3. The number of para-hydroxylation sites is 2. The van der Waals surface area contributed by atoms with E-state index in [9.17, 15) is 0 Å². The number of fused-ring (bicyclic) bond motifs is 2. The lowest BCUT2D eigenvalue weighted by atomic mass is 9.76. The molecule has 6 heteroatoms.